The van der Waals surface area contributed by atoms with E-state index >= 15 is 0 Å². The highest BCUT2D eigenvalue weighted by molar-refractivity contribution is 6.08. The fourth-order valence-corrected chi connectivity index (χ4v) is 3.83. The molecule has 0 spiro atoms. The van der Waals surface area contributed by atoms with Gasteiger partial charge in [0.1, 0.15) is 5.56 Å². The minimum Gasteiger partial charge on any atom is -0.322 e. The fraction of sp³-hybridized carbons (Fsp3) is 0.263. The number of hydrogen-bond acceptors (Lipinski definition) is 5. The molecule has 3 aromatic heterocycles. The lowest BCUT2D eigenvalue weighted by atomic mass is 10.1. The molecule has 2 N–H and O–H groups in total. The van der Waals surface area contributed by atoms with Crippen molar-refractivity contribution in [1.82, 2.24) is 29.7 Å². The lowest BCUT2D eigenvalue weighted by Crippen LogP contribution is -2.20. The highest BCUT2D eigenvalue weighted by atomic mass is 16.1. The third kappa shape index (κ3) is 2.65. The first kappa shape index (κ1) is 16.0. The maximum atomic E-state index is 12.8. The number of fused-ring (bicyclic) bond motifs is 2. The predicted octanol–water partition coefficient (Wildman–Crippen LogP) is 2.62. The van der Waals surface area contributed by atoms with E-state index in [0.717, 1.165) is 36.0 Å². The van der Waals surface area contributed by atoms with Crippen molar-refractivity contribution in [2.24, 2.45) is 0 Å². The van der Waals surface area contributed by atoms with E-state index in [9.17, 15) is 4.79 Å². The van der Waals surface area contributed by atoms with Crippen molar-refractivity contribution < 1.29 is 4.79 Å². The number of nitrogens with one attached hydrogen (secondary N) is 2. The van der Waals surface area contributed by atoms with Gasteiger partial charge in [-0.1, -0.05) is 0 Å². The lowest BCUT2D eigenvalue weighted by molar-refractivity contribution is 0.102. The third-order valence-corrected chi connectivity index (χ3v) is 5.24. The van der Waals surface area contributed by atoms with E-state index in [1.54, 1.807) is 23.1 Å². The second-order valence-corrected chi connectivity index (χ2v) is 6.93. The molecule has 1 aliphatic rings. The number of benzene rings is 1. The number of nitrogens with zero attached hydrogens (tertiary/aromatic N) is 5. The molecular weight excluding hydrogens is 342 g/mol. The van der Waals surface area contributed by atoms with Crippen molar-refractivity contribution in [1.29, 1.82) is 0 Å². The zero-order valence-electron chi connectivity index (χ0n) is 14.9. The van der Waals surface area contributed by atoms with Gasteiger partial charge in [0.05, 0.1) is 29.6 Å². The normalized spacial score (nSPS) is 17.7. The van der Waals surface area contributed by atoms with Crippen molar-refractivity contribution in [3.05, 3.63) is 54.1 Å². The number of hydrogen-bond donors (Lipinski definition) is 2. The topological polar surface area (TPSA) is 91.2 Å². The monoisotopic (exact) mass is 361 g/mol. The summed E-state index contributed by atoms with van der Waals surface area (Å²) in [6.07, 6.45) is 7.32. The second-order valence-electron chi connectivity index (χ2n) is 6.93. The SMILES string of the molecule is CN1CCCC1c1ccnc2c(C(=O)Nc3ccc4[nH]ncc4c3)cnn12. The van der Waals surface area contributed by atoms with Crippen LogP contribution in [0.1, 0.15) is 34.9 Å². The Balaban J connectivity index is 1.48. The Morgan fingerprint density at radius 3 is 3.07 bits per heavy atom. The van der Waals surface area contributed by atoms with Crippen LogP contribution < -0.4 is 5.32 Å². The number of amides is 1. The number of H-pyrrole nitrogens is 1. The molecule has 4 aromatic rings. The van der Waals surface area contributed by atoms with Crippen LogP contribution in [0.2, 0.25) is 0 Å². The summed E-state index contributed by atoms with van der Waals surface area (Å²) >= 11 is 0. The van der Waals surface area contributed by atoms with E-state index in [-0.39, 0.29) is 5.91 Å². The van der Waals surface area contributed by atoms with E-state index in [1.165, 1.54) is 0 Å². The summed E-state index contributed by atoms with van der Waals surface area (Å²) in [4.78, 5) is 19.5. The molecule has 1 atom stereocenters. The predicted molar refractivity (Wildman–Crippen MR) is 102 cm³/mol. The van der Waals surface area contributed by atoms with Crippen LogP contribution in [0.15, 0.2) is 42.9 Å². The third-order valence-electron chi connectivity index (χ3n) is 5.24. The Hall–Kier alpha value is -3.26. The first-order valence-corrected chi connectivity index (χ1v) is 8.98. The Morgan fingerprint density at radius 2 is 2.22 bits per heavy atom. The number of rotatable bonds is 3. The average Bonchev–Trinajstić information content (AvgIpc) is 3.39. The molecular formula is C19H19N7O. The maximum absolute atomic E-state index is 12.8. The molecule has 8 heteroatoms. The molecule has 1 aliphatic heterocycles. The van der Waals surface area contributed by atoms with Crippen LogP contribution in [-0.2, 0) is 0 Å². The summed E-state index contributed by atoms with van der Waals surface area (Å²) in [5.41, 5.74) is 3.74. The summed E-state index contributed by atoms with van der Waals surface area (Å²) in [5, 5.41) is 15.2. The van der Waals surface area contributed by atoms with E-state index in [2.05, 4.69) is 37.5 Å². The molecule has 1 unspecified atom stereocenters. The second kappa shape index (κ2) is 6.17. The molecule has 1 aromatic carbocycles. The maximum Gasteiger partial charge on any atom is 0.261 e. The molecule has 136 valence electrons. The lowest BCUT2D eigenvalue weighted by Gasteiger charge is -2.20. The number of aromatic nitrogens is 5. The molecule has 1 saturated heterocycles. The number of aromatic amines is 1. The molecule has 0 bridgehead atoms. The van der Waals surface area contributed by atoms with Crippen LogP contribution in [0, 0.1) is 0 Å². The zero-order chi connectivity index (χ0) is 18.4. The van der Waals surface area contributed by atoms with Gasteiger partial charge < -0.3 is 5.32 Å². The van der Waals surface area contributed by atoms with Gasteiger partial charge in [0.15, 0.2) is 5.65 Å². The Kier molecular flexibility index (Phi) is 3.64. The van der Waals surface area contributed by atoms with Crippen LogP contribution >= 0.6 is 0 Å². The first-order valence-electron chi connectivity index (χ1n) is 8.98. The molecule has 1 amide bonds. The van der Waals surface area contributed by atoms with Crippen LogP contribution in [0.4, 0.5) is 5.69 Å². The summed E-state index contributed by atoms with van der Waals surface area (Å²) in [5.74, 6) is -0.225. The summed E-state index contributed by atoms with van der Waals surface area (Å²) in [6, 6.07) is 7.90. The van der Waals surface area contributed by atoms with E-state index in [4.69, 9.17) is 0 Å². The minimum absolute atomic E-state index is 0.225. The van der Waals surface area contributed by atoms with Gasteiger partial charge in [0.25, 0.3) is 5.91 Å². The average molecular weight is 361 g/mol. The standard InChI is InChI=1S/C19H19N7O/c1-25-8-2-3-16(25)17-6-7-20-18-14(11-22-26(17)18)19(27)23-13-4-5-15-12(9-13)10-21-24-15/h4-7,9-11,16H,2-3,8H2,1H3,(H,21,24)(H,23,27). The zero-order valence-corrected chi connectivity index (χ0v) is 14.9. The summed E-state index contributed by atoms with van der Waals surface area (Å²) in [7, 11) is 2.12. The van der Waals surface area contributed by atoms with E-state index in [1.807, 2.05) is 24.3 Å². The van der Waals surface area contributed by atoms with E-state index < -0.39 is 0 Å². The Bertz CT molecular complexity index is 1150. The highest BCUT2D eigenvalue weighted by Gasteiger charge is 2.26. The van der Waals surface area contributed by atoms with Crippen molar-refractivity contribution >= 4 is 28.1 Å². The molecule has 1 fully saturated rings. The van der Waals surface area contributed by atoms with Crippen LogP contribution in [0.5, 0.6) is 0 Å². The van der Waals surface area contributed by atoms with Gasteiger partial charge in [0, 0.05) is 17.3 Å². The van der Waals surface area contributed by atoms with Crippen LogP contribution in [0.3, 0.4) is 0 Å². The van der Waals surface area contributed by atoms with Crippen molar-refractivity contribution in [2.45, 2.75) is 18.9 Å². The molecule has 8 nitrogen and oxygen atoms in total. The number of carbonyl (C=O) groups is 1. The van der Waals surface area contributed by atoms with Gasteiger partial charge in [0.2, 0.25) is 0 Å². The molecule has 0 radical (unpaired) electrons. The minimum atomic E-state index is -0.225. The van der Waals surface area contributed by atoms with Gasteiger partial charge >= 0.3 is 0 Å². The van der Waals surface area contributed by atoms with Crippen LogP contribution in [-0.4, -0.2) is 49.2 Å². The molecule has 5 rings (SSSR count). The van der Waals surface area contributed by atoms with Gasteiger partial charge in [-0.05, 0) is 50.7 Å². The van der Waals surface area contributed by atoms with Crippen molar-refractivity contribution in [3.63, 3.8) is 0 Å². The number of likely N-dealkylation sites (tertiary alicyclic amines) is 1. The summed E-state index contributed by atoms with van der Waals surface area (Å²) < 4.78 is 1.79. The van der Waals surface area contributed by atoms with E-state index in [0.29, 0.717) is 22.9 Å². The number of anilines is 1. The molecule has 4 heterocycles. The van der Waals surface area contributed by atoms with Crippen LogP contribution in [0.25, 0.3) is 16.6 Å². The molecule has 27 heavy (non-hydrogen) atoms. The first-order chi connectivity index (χ1) is 13.2. The Labute approximate surface area is 155 Å². The van der Waals surface area contributed by atoms with Gasteiger partial charge in [-0.25, -0.2) is 9.50 Å². The quantitative estimate of drug-likeness (QED) is 0.585. The van der Waals surface area contributed by atoms with Gasteiger partial charge in [-0.2, -0.15) is 10.2 Å². The molecule has 0 saturated carbocycles. The van der Waals surface area contributed by atoms with Crippen molar-refractivity contribution in [3.8, 4) is 0 Å². The van der Waals surface area contributed by atoms with Gasteiger partial charge in [-0.3, -0.25) is 14.8 Å². The van der Waals surface area contributed by atoms with Crippen molar-refractivity contribution in [2.75, 3.05) is 18.9 Å². The highest BCUT2D eigenvalue weighted by Crippen LogP contribution is 2.30. The molecule has 0 aliphatic carbocycles. The number of carbonyl (C=O) groups excluding carboxylic acids is 1. The summed E-state index contributed by atoms with van der Waals surface area (Å²) in [6.45, 7) is 1.07. The largest absolute Gasteiger partial charge is 0.322 e. The fourth-order valence-electron chi connectivity index (χ4n) is 3.83. The Morgan fingerprint density at radius 1 is 1.30 bits per heavy atom. The van der Waals surface area contributed by atoms with Gasteiger partial charge in [-0.15, -0.1) is 0 Å². The smallest absolute Gasteiger partial charge is 0.261 e.